The summed E-state index contributed by atoms with van der Waals surface area (Å²) in [5.74, 6) is 1.17. The average molecular weight is 244 g/mol. The minimum absolute atomic E-state index is 0.0252. The Morgan fingerprint density at radius 1 is 1.17 bits per heavy atom. The Balaban J connectivity index is 2.20. The molecule has 94 valence electrons. The molecule has 0 aliphatic heterocycles. The Kier molecular flexibility index (Phi) is 3.95. The Morgan fingerprint density at radius 3 is 2.50 bits per heavy atom. The molecular weight excluding hydrogens is 228 g/mol. The van der Waals surface area contributed by atoms with Crippen LogP contribution in [0.3, 0.4) is 0 Å². The summed E-state index contributed by atoms with van der Waals surface area (Å²) in [5.41, 5.74) is 2.07. The monoisotopic (exact) mass is 244 g/mol. The maximum absolute atomic E-state index is 11.5. The van der Waals surface area contributed by atoms with E-state index in [-0.39, 0.29) is 5.78 Å². The van der Waals surface area contributed by atoms with E-state index >= 15 is 0 Å². The predicted octanol–water partition coefficient (Wildman–Crippen LogP) is 3.69. The number of furan rings is 1. The van der Waals surface area contributed by atoms with Crippen LogP contribution in [0, 0.1) is 0 Å². The second-order valence-corrected chi connectivity index (χ2v) is 4.07. The molecule has 1 aromatic heterocycles. The molecule has 2 aromatic rings. The first kappa shape index (κ1) is 12.6. The lowest BCUT2D eigenvalue weighted by molar-refractivity contribution is 0.0962. The van der Waals surface area contributed by atoms with Crippen LogP contribution in [0.25, 0.3) is 11.3 Å². The van der Waals surface area contributed by atoms with Gasteiger partial charge in [-0.05, 0) is 17.7 Å². The number of hydrogen-bond acceptors (Lipinski definition) is 3. The van der Waals surface area contributed by atoms with Crippen molar-refractivity contribution >= 4 is 5.78 Å². The molecule has 0 saturated heterocycles. The average Bonchev–Trinajstić information content (AvgIpc) is 2.89. The Labute approximate surface area is 106 Å². The Hall–Kier alpha value is -1.87. The van der Waals surface area contributed by atoms with Crippen LogP contribution in [0.5, 0.6) is 0 Å². The summed E-state index contributed by atoms with van der Waals surface area (Å²) in [7, 11) is 1.67. The third-order valence-electron chi connectivity index (χ3n) is 2.75. The first-order valence-electron chi connectivity index (χ1n) is 5.96. The minimum Gasteiger partial charge on any atom is -0.453 e. The quantitative estimate of drug-likeness (QED) is 0.753. The number of hydrogen-bond donors (Lipinski definition) is 0. The van der Waals surface area contributed by atoms with Crippen molar-refractivity contribution in [3.8, 4) is 11.3 Å². The number of ketones is 1. The van der Waals surface area contributed by atoms with Gasteiger partial charge in [-0.25, -0.2) is 0 Å². The molecule has 3 heteroatoms. The molecule has 3 nitrogen and oxygen atoms in total. The normalized spacial score (nSPS) is 10.6. The Morgan fingerprint density at radius 2 is 1.89 bits per heavy atom. The van der Waals surface area contributed by atoms with Gasteiger partial charge in [0.25, 0.3) is 0 Å². The van der Waals surface area contributed by atoms with Crippen LogP contribution in [0.15, 0.2) is 40.8 Å². The summed E-state index contributed by atoms with van der Waals surface area (Å²) in [5, 5.41) is 0. The molecule has 2 rings (SSSR count). The van der Waals surface area contributed by atoms with Crippen molar-refractivity contribution in [2.24, 2.45) is 0 Å². The highest BCUT2D eigenvalue weighted by molar-refractivity contribution is 5.93. The van der Waals surface area contributed by atoms with Crippen LogP contribution in [-0.4, -0.2) is 12.9 Å². The predicted molar refractivity (Wildman–Crippen MR) is 69.5 cm³/mol. The molecule has 0 aliphatic rings. The molecule has 0 aliphatic carbocycles. The van der Waals surface area contributed by atoms with Crippen LogP contribution in [0.2, 0.25) is 0 Å². The SMILES string of the molecule is CCC(=O)c1ccc(-c2ccc(COC)cc2)o1. The molecule has 0 amide bonds. The van der Waals surface area contributed by atoms with Gasteiger partial charge in [0, 0.05) is 19.1 Å². The number of carbonyl (C=O) groups excluding carboxylic acids is 1. The summed E-state index contributed by atoms with van der Waals surface area (Å²) >= 11 is 0. The van der Waals surface area contributed by atoms with E-state index in [0.29, 0.717) is 18.8 Å². The summed E-state index contributed by atoms with van der Waals surface area (Å²) in [4.78, 5) is 11.5. The van der Waals surface area contributed by atoms with Crippen molar-refractivity contribution in [2.75, 3.05) is 7.11 Å². The van der Waals surface area contributed by atoms with Crippen LogP contribution in [-0.2, 0) is 11.3 Å². The second-order valence-electron chi connectivity index (χ2n) is 4.07. The first-order chi connectivity index (χ1) is 8.74. The van der Waals surface area contributed by atoms with Gasteiger partial charge >= 0.3 is 0 Å². The van der Waals surface area contributed by atoms with E-state index in [0.717, 1.165) is 16.9 Å². The molecule has 0 unspecified atom stereocenters. The molecule has 0 radical (unpaired) electrons. The topological polar surface area (TPSA) is 39.4 Å². The van der Waals surface area contributed by atoms with Gasteiger partial charge in [0.2, 0.25) is 0 Å². The number of carbonyl (C=O) groups is 1. The van der Waals surface area contributed by atoms with Crippen LogP contribution in [0.4, 0.5) is 0 Å². The molecule has 0 bridgehead atoms. The van der Waals surface area contributed by atoms with Crippen molar-refractivity contribution in [1.29, 1.82) is 0 Å². The molecule has 0 atom stereocenters. The second kappa shape index (κ2) is 5.65. The van der Waals surface area contributed by atoms with Gasteiger partial charge in [-0.1, -0.05) is 31.2 Å². The van der Waals surface area contributed by atoms with E-state index in [1.54, 1.807) is 13.2 Å². The number of ether oxygens (including phenoxy) is 1. The lowest BCUT2D eigenvalue weighted by Gasteiger charge is -2.01. The van der Waals surface area contributed by atoms with Gasteiger partial charge in [-0.15, -0.1) is 0 Å². The fourth-order valence-corrected chi connectivity index (χ4v) is 1.75. The lowest BCUT2D eigenvalue weighted by atomic mass is 10.1. The molecule has 1 aromatic carbocycles. The van der Waals surface area contributed by atoms with Crippen molar-refractivity contribution in [1.82, 2.24) is 0 Å². The number of Topliss-reactive ketones (excluding diaryl/α,β-unsaturated/α-hetero) is 1. The summed E-state index contributed by atoms with van der Waals surface area (Å²) in [6.07, 6.45) is 0.458. The van der Waals surface area contributed by atoms with E-state index in [2.05, 4.69) is 0 Å². The maximum atomic E-state index is 11.5. The van der Waals surface area contributed by atoms with E-state index in [1.807, 2.05) is 37.3 Å². The smallest absolute Gasteiger partial charge is 0.197 e. The zero-order valence-corrected chi connectivity index (χ0v) is 10.6. The standard InChI is InChI=1S/C15H16O3/c1-3-13(16)15-9-8-14(18-15)12-6-4-11(5-7-12)10-17-2/h4-9H,3,10H2,1-2H3. The zero-order chi connectivity index (χ0) is 13.0. The summed E-state index contributed by atoms with van der Waals surface area (Å²) < 4.78 is 10.6. The number of rotatable bonds is 5. The van der Waals surface area contributed by atoms with Gasteiger partial charge in [-0.3, -0.25) is 4.79 Å². The fourth-order valence-electron chi connectivity index (χ4n) is 1.75. The van der Waals surface area contributed by atoms with Crippen LogP contribution >= 0.6 is 0 Å². The molecular formula is C15H16O3. The highest BCUT2D eigenvalue weighted by atomic mass is 16.5. The van der Waals surface area contributed by atoms with Crippen molar-refractivity contribution in [2.45, 2.75) is 20.0 Å². The fraction of sp³-hybridized carbons (Fsp3) is 0.267. The van der Waals surface area contributed by atoms with Gasteiger partial charge in [0.1, 0.15) is 5.76 Å². The molecule has 0 spiro atoms. The Bertz CT molecular complexity index is 523. The molecule has 0 saturated carbocycles. The summed E-state index contributed by atoms with van der Waals surface area (Å²) in [6.45, 7) is 2.42. The molecule has 1 heterocycles. The van der Waals surface area contributed by atoms with Gasteiger partial charge in [0.15, 0.2) is 11.5 Å². The van der Waals surface area contributed by atoms with E-state index in [1.165, 1.54) is 0 Å². The first-order valence-corrected chi connectivity index (χ1v) is 5.96. The van der Waals surface area contributed by atoms with Gasteiger partial charge in [0.05, 0.1) is 6.61 Å². The van der Waals surface area contributed by atoms with Crippen molar-refractivity contribution < 1.29 is 13.9 Å². The maximum Gasteiger partial charge on any atom is 0.197 e. The van der Waals surface area contributed by atoms with Gasteiger partial charge < -0.3 is 9.15 Å². The third kappa shape index (κ3) is 2.68. The minimum atomic E-state index is 0.0252. The largest absolute Gasteiger partial charge is 0.453 e. The highest BCUT2D eigenvalue weighted by Crippen LogP contribution is 2.23. The van der Waals surface area contributed by atoms with Crippen LogP contribution < -0.4 is 0 Å². The van der Waals surface area contributed by atoms with E-state index < -0.39 is 0 Å². The lowest BCUT2D eigenvalue weighted by Crippen LogP contribution is -1.92. The van der Waals surface area contributed by atoms with E-state index in [4.69, 9.17) is 9.15 Å². The zero-order valence-electron chi connectivity index (χ0n) is 10.6. The van der Waals surface area contributed by atoms with Crippen molar-refractivity contribution in [3.05, 3.63) is 47.7 Å². The van der Waals surface area contributed by atoms with E-state index in [9.17, 15) is 4.79 Å². The molecule has 0 fully saturated rings. The van der Waals surface area contributed by atoms with Crippen molar-refractivity contribution in [3.63, 3.8) is 0 Å². The number of benzene rings is 1. The highest BCUT2D eigenvalue weighted by Gasteiger charge is 2.10. The van der Waals surface area contributed by atoms with Gasteiger partial charge in [-0.2, -0.15) is 0 Å². The number of methoxy groups -OCH3 is 1. The molecule has 0 N–H and O–H groups in total. The molecule has 18 heavy (non-hydrogen) atoms. The van der Waals surface area contributed by atoms with Crippen LogP contribution in [0.1, 0.15) is 29.5 Å². The third-order valence-corrected chi connectivity index (χ3v) is 2.75. The summed E-state index contributed by atoms with van der Waals surface area (Å²) in [6, 6.07) is 11.5.